The molecule has 1 saturated heterocycles. The van der Waals surface area contributed by atoms with Crippen LogP contribution in [0, 0.1) is 0 Å². The van der Waals surface area contributed by atoms with Crippen molar-refractivity contribution in [2.24, 2.45) is 0 Å². The molecule has 0 aromatic heterocycles. The molecule has 2 unspecified atom stereocenters. The van der Waals surface area contributed by atoms with E-state index in [1.165, 1.54) is 0 Å². The van der Waals surface area contributed by atoms with Crippen molar-refractivity contribution in [2.75, 3.05) is 6.61 Å². The molecule has 3 heteroatoms. The zero-order chi connectivity index (χ0) is 9.10. The van der Waals surface area contributed by atoms with E-state index in [0.29, 0.717) is 6.42 Å². The molecule has 0 bridgehead atoms. The van der Waals surface area contributed by atoms with Gasteiger partial charge in [0.1, 0.15) is 6.10 Å². The van der Waals surface area contributed by atoms with Crippen LogP contribution in [-0.4, -0.2) is 24.8 Å². The Morgan fingerprint density at radius 3 is 2.77 bits per heavy atom. The van der Waals surface area contributed by atoms with Crippen molar-refractivity contribution >= 4 is 5.78 Å². The summed E-state index contributed by atoms with van der Waals surface area (Å²) >= 11 is 0. The van der Waals surface area contributed by atoms with Gasteiger partial charge in [-0.15, -0.1) is 0 Å². The van der Waals surface area contributed by atoms with Crippen LogP contribution in [0.4, 0.5) is 0 Å². The molecule has 0 radical (unpaired) electrons. The van der Waals surface area contributed by atoms with Crippen LogP contribution in [0.3, 0.4) is 0 Å². The number of hydrogen-bond donors (Lipinski definition) is 0. The summed E-state index contributed by atoms with van der Waals surface area (Å²) in [5.74, 6) is 0.258. The third kappa shape index (κ3) is 2.29. The number of hydrogen-bond acceptors (Lipinski definition) is 3. The molecule has 0 spiro atoms. The van der Waals surface area contributed by atoms with Crippen LogP contribution in [0.1, 0.15) is 38.5 Å². The van der Waals surface area contributed by atoms with Crippen molar-refractivity contribution in [3.05, 3.63) is 0 Å². The summed E-state index contributed by atoms with van der Waals surface area (Å²) in [5.41, 5.74) is 0. The van der Waals surface area contributed by atoms with E-state index in [9.17, 15) is 4.79 Å². The maximum Gasteiger partial charge on any atom is 0.161 e. The lowest BCUT2D eigenvalue weighted by Crippen LogP contribution is -2.29. The molecule has 0 aromatic carbocycles. The normalized spacial score (nSPS) is 35.2. The molecule has 1 saturated carbocycles. The van der Waals surface area contributed by atoms with Crippen molar-refractivity contribution in [2.45, 2.75) is 50.9 Å². The Labute approximate surface area is 78.4 Å². The highest BCUT2D eigenvalue weighted by Crippen LogP contribution is 2.22. The number of carbonyl (C=O) groups is 1. The summed E-state index contributed by atoms with van der Waals surface area (Å²) in [4.78, 5) is 11.3. The zero-order valence-corrected chi connectivity index (χ0v) is 7.83. The fraction of sp³-hybridized carbons (Fsp3) is 0.900. The van der Waals surface area contributed by atoms with E-state index in [-0.39, 0.29) is 18.2 Å². The van der Waals surface area contributed by atoms with Crippen LogP contribution in [-0.2, 0) is 14.3 Å². The average Bonchev–Trinajstić information content (AvgIpc) is 2.54. The fourth-order valence-electron chi connectivity index (χ4n) is 1.93. The van der Waals surface area contributed by atoms with Gasteiger partial charge >= 0.3 is 0 Å². The van der Waals surface area contributed by atoms with Gasteiger partial charge in [-0.25, -0.2) is 0 Å². The van der Waals surface area contributed by atoms with E-state index in [0.717, 1.165) is 38.7 Å². The largest absolute Gasteiger partial charge is 0.353 e. The van der Waals surface area contributed by atoms with Gasteiger partial charge in [0, 0.05) is 13.0 Å². The van der Waals surface area contributed by atoms with Crippen LogP contribution in [0.25, 0.3) is 0 Å². The molecule has 0 amide bonds. The third-order valence-electron chi connectivity index (χ3n) is 2.70. The highest BCUT2D eigenvalue weighted by atomic mass is 16.7. The maximum atomic E-state index is 11.3. The minimum absolute atomic E-state index is 0.110. The molecule has 2 fully saturated rings. The van der Waals surface area contributed by atoms with Gasteiger partial charge in [0.05, 0.1) is 0 Å². The molecule has 0 aromatic rings. The second-order valence-electron chi connectivity index (χ2n) is 3.78. The van der Waals surface area contributed by atoms with Crippen LogP contribution in [0.5, 0.6) is 0 Å². The van der Waals surface area contributed by atoms with Crippen LogP contribution >= 0.6 is 0 Å². The first-order chi connectivity index (χ1) is 6.36. The highest BCUT2D eigenvalue weighted by Gasteiger charge is 2.28. The maximum absolute atomic E-state index is 11.3. The van der Waals surface area contributed by atoms with E-state index in [1.54, 1.807) is 0 Å². The first-order valence-corrected chi connectivity index (χ1v) is 5.16. The van der Waals surface area contributed by atoms with Crippen molar-refractivity contribution in [1.29, 1.82) is 0 Å². The molecule has 13 heavy (non-hydrogen) atoms. The van der Waals surface area contributed by atoms with Gasteiger partial charge in [-0.2, -0.15) is 0 Å². The highest BCUT2D eigenvalue weighted by molar-refractivity contribution is 5.84. The molecule has 1 heterocycles. The summed E-state index contributed by atoms with van der Waals surface area (Å²) in [5, 5.41) is 0. The molecule has 3 nitrogen and oxygen atoms in total. The second-order valence-corrected chi connectivity index (χ2v) is 3.78. The minimum Gasteiger partial charge on any atom is -0.353 e. The minimum atomic E-state index is -0.164. The van der Waals surface area contributed by atoms with Gasteiger partial charge in [0.25, 0.3) is 0 Å². The van der Waals surface area contributed by atoms with E-state index in [1.807, 2.05) is 0 Å². The molecule has 1 aliphatic carbocycles. The lowest BCUT2D eigenvalue weighted by molar-refractivity contribution is -0.188. The number of ketones is 1. The number of rotatable bonds is 2. The molecule has 1 aliphatic heterocycles. The lowest BCUT2D eigenvalue weighted by atomic mass is 10.2. The second kappa shape index (κ2) is 4.20. The van der Waals surface area contributed by atoms with Crippen LogP contribution < -0.4 is 0 Å². The zero-order valence-electron chi connectivity index (χ0n) is 7.83. The van der Waals surface area contributed by atoms with Gasteiger partial charge in [0.2, 0.25) is 0 Å². The van der Waals surface area contributed by atoms with E-state index < -0.39 is 0 Å². The van der Waals surface area contributed by atoms with Gasteiger partial charge < -0.3 is 9.47 Å². The molecular formula is C10H16O3. The Kier molecular flexibility index (Phi) is 2.96. The van der Waals surface area contributed by atoms with Gasteiger partial charge in [-0.3, -0.25) is 4.79 Å². The number of ether oxygens (including phenoxy) is 2. The molecule has 74 valence electrons. The number of Topliss-reactive ketones (excluding diaryl/α,β-unsaturated/α-hetero) is 1. The first-order valence-electron chi connectivity index (χ1n) is 5.16. The Bertz CT molecular complexity index is 185. The summed E-state index contributed by atoms with van der Waals surface area (Å²) < 4.78 is 11.0. The van der Waals surface area contributed by atoms with E-state index in [4.69, 9.17) is 9.47 Å². The van der Waals surface area contributed by atoms with Crippen molar-refractivity contribution < 1.29 is 14.3 Å². The quantitative estimate of drug-likeness (QED) is 0.654. The standard InChI is InChI=1S/C10H16O3/c11-8-4-3-5-9(8)13-10-6-1-2-7-12-10/h9-10H,1-7H2. The molecule has 2 atom stereocenters. The Morgan fingerprint density at radius 2 is 2.15 bits per heavy atom. The SMILES string of the molecule is O=C1CCCC1OC1CCCCO1. The van der Waals surface area contributed by atoms with Crippen molar-refractivity contribution in [3.8, 4) is 0 Å². The Hall–Kier alpha value is -0.410. The first kappa shape index (κ1) is 9.16. The van der Waals surface area contributed by atoms with Crippen molar-refractivity contribution in [1.82, 2.24) is 0 Å². The lowest BCUT2D eigenvalue weighted by Gasteiger charge is -2.25. The third-order valence-corrected chi connectivity index (χ3v) is 2.70. The molecule has 2 aliphatic rings. The predicted molar refractivity (Wildman–Crippen MR) is 47.3 cm³/mol. The van der Waals surface area contributed by atoms with E-state index in [2.05, 4.69) is 0 Å². The van der Waals surface area contributed by atoms with E-state index >= 15 is 0 Å². The Balaban J connectivity index is 1.79. The smallest absolute Gasteiger partial charge is 0.161 e. The van der Waals surface area contributed by atoms with Gasteiger partial charge in [0.15, 0.2) is 12.1 Å². The summed E-state index contributed by atoms with van der Waals surface area (Å²) in [6, 6.07) is 0. The summed E-state index contributed by atoms with van der Waals surface area (Å²) in [7, 11) is 0. The van der Waals surface area contributed by atoms with Gasteiger partial charge in [-0.1, -0.05) is 0 Å². The molecule has 0 N–H and O–H groups in total. The Morgan fingerprint density at radius 1 is 1.23 bits per heavy atom. The van der Waals surface area contributed by atoms with Gasteiger partial charge in [-0.05, 0) is 32.1 Å². The number of carbonyl (C=O) groups excluding carboxylic acids is 1. The average molecular weight is 184 g/mol. The molecular weight excluding hydrogens is 168 g/mol. The van der Waals surface area contributed by atoms with Crippen LogP contribution in [0.2, 0.25) is 0 Å². The predicted octanol–water partition coefficient (Wildman–Crippen LogP) is 1.65. The summed E-state index contributed by atoms with van der Waals surface area (Å²) in [6.45, 7) is 0.783. The molecule has 2 rings (SSSR count). The fourth-order valence-corrected chi connectivity index (χ4v) is 1.93. The summed E-state index contributed by atoms with van der Waals surface area (Å²) in [6.07, 6.45) is 5.52. The van der Waals surface area contributed by atoms with Crippen LogP contribution in [0.15, 0.2) is 0 Å². The monoisotopic (exact) mass is 184 g/mol. The van der Waals surface area contributed by atoms with Crippen molar-refractivity contribution in [3.63, 3.8) is 0 Å². The topological polar surface area (TPSA) is 35.5 Å².